The highest BCUT2D eigenvalue weighted by atomic mass is 16.5. The zero-order chi connectivity index (χ0) is 13.8. The lowest BCUT2D eigenvalue weighted by molar-refractivity contribution is -0.141. The van der Waals surface area contributed by atoms with Gasteiger partial charge in [0.1, 0.15) is 6.61 Å². The van der Waals surface area contributed by atoms with Gasteiger partial charge in [-0.15, -0.1) is 0 Å². The first kappa shape index (κ1) is 13.8. The van der Waals surface area contributed by atoms with Gasteiger partial charge in [0, 0.05) is 12.6 Å². The first-order valence-electron chi connectivity index (χ1n) is 6.61. The van der Waals surface area contributed by atoms with Crippen LogP contribution in [0.4, 0.5) is 4.79 Å². The van der Waals surface area contributed by atoms with E-state index in [0.717, 1.165) is 25.7 Å². The number of imide groups is 1. The first-order valence-corrected chi connectivity index (χ1v) is 6.61. The fourth-order valence-electron chi connectivity index (χ4n) is 2.74. The van der Waals surface area contributed by atoms with Crippen molar-refractivity contribution >= 4 is 17.9 Å². The van der Waals surface area contributed by atoms with Crippen molar-refractivity contribution < 1.29 is 19.1 Å². The molecule has 1 heterocycles. The number of carbonyl (C=O) groups excluding carboxylic acids is 3. The topological polar surface area (TPSA) is 102 Å². The Balaban J connectivity index is 1.82. The van der Waals surface area contributed by atoms with Crippen LogP contribution in [-0.4, -0.2) is 48.0 Å². The van der Waals surface area contributed by atoms with Gasteiger partial charge in [-0.3, -0.25) is 14.5 Å². The Morgan fingerprint density at radius 1 is 1.37 bits per heavy atom. The van der Waals surface area contributed by atoms with E-state index in [1.165, 1.54) is 4.90 Å². The zero-order valence-electron chi connectivity index (χ0n) is 10.8. The molecule has 3 N–H and O–H groups in total. The summed E-state index contributed by atoms with van der Waals surface area (Å²) in [6.45, 7) is 0.405. The van der Waals surface area contributed by atoms with Gasteiger partial charge in [-0.1, -0.05) is 12.8 Å². The minimum Gasteiger partial charge on any atom is -0.448 e. The molecule has 1 unspecified atom stereocenters. The van der Waals surface area contributed by atoms with Crippen molar-refractivity contribution in [1.29, 1.82) is 0 Å². The van der Waals surface area contributed by atoms with Gasteiger partial charge >= 0.3 is 6.09 Å². The van der Waals surface area contributed by atoms with E-state index in [1.807, 2.05) is 0 Å². The van der Waals surface area contributed by atoms with Crippen LogP contribution in [0.5, 0.6) is 0 Å². The molecule has 2 rings (SSSR count). The number of nitrogens with two attached hydrogens (primary N) is 1. The van der Waals surface area contributed by atoms with E-state index in [-0.39, 0.29) is 30.9 Å². The second-order valence-electron chi connectivity index (χ2n) is 4.92. The second-order valence-corrected chi connectivity index (χ2v) is 4.92. The molecule has 0 spiro atoms. The maximum atomic E-state index is 12.1. The average Bonchev–Trinajstić information content (AvgIpc) is 2.94. The van der Waals surface area contributed by atoms with Crippen LogP contribution in [0.15, 0.2) is 0 Å². The summed E-state index contributed by atoms with van der Waals surface area (Å²) in [5, 5.41) is 2.93. The van der Waals surface area contributed by atoms with Crippen molar-refractivity contribution in [2.45, 2.75) is 44.2 Å². The number of carbonyl (C=O) groups is 3. The summed E-state index contributed by atoms with van der Waals surface area (Å²) in [5.41, 5.74) is 4.82. The molecule has 0 aromatic rings. The molecule has 1 atom stereocenters. The monoisotopic (exact) mass is 269 g/mol. The molecule has 7 heteroatoms. The van der Waals surface area contributed by atoms with E-state index in [2.05, 4.69) is 10.1 Å². The average molecular weight is 269 g/mol. The van der Waals surface area contributed by atoms with Crippen LogP contribution >= 0.6 is 0 Å². The van der Waals surface area contributed by atoms with Gasteiger partial charge in [-0.2, -0.15) is 0 Å². The molecule has 1 aliphatic heterocycles. The van der Waals surface area contributed by atoms with Crippen molar-refractivity contribution in [2.75, 3.05) is 13.2 Å². The van der Waals surface area contributed by atoms with Gasteiger partial charge in [0.15, 0.2) is 0 Å². The Kier molecular flexibility index (Phi) is 4.36. The fourth-order valence-corrected chi connectivity index (χ4v) is 2.74. The zero-order valence-corrected chi connectivity index (χ0v) is 10.8. The van der Waals surface area contributed by atoms with Gasteiger partial charge in [-0.05, 0) is 12.8 Å². The Morgan fingerprint density at radius 2 is 2.05 bits per heavy atom. The van der Waals surface area contributed by atoms with Gasteiger partial charge in [0.2, 0.25) is 11.8 Å². The maximum absolute atomic E-state index is 12.1. The quantitative estimate of drug-likeness (QED) is 0.529. The summed E-state index contributed by atoms with van der Waals surface area (Å²) in [4.78, 5) is 35.8. The highest BCUT2D eigenvalue weighted by Crippen LogP contribution is 2.27. The number of ether oxygens (including phenoxy) is 1. The summed E-state index contributed by atoms with van der Waals surface area (Å²) in [6, 6.07) is -0.418. The molecule has 0 aromatic heterocycles. The molecule has 19 heavy (non-hydrogen) atoms. The molecule has 1 saturated heterocycles. The molecular weight excluding hydrogens is 250 g/mol. The molecule has 106 valence electrons. The molecule has 0 radical (unpaired) electrons. The van der Waals surface area contributed by atoms with E-state index < -0.39 is 12.1 Å². The normalized spacial score (nSPS) is 24.2. The summed E-state index contributed by atoms with van der Waals surface area (Å²) >= 11 is 0. The van der Waals surface area contributed by atoms with E-state index in [9.17, 15) is 14.4 Å². The minimum atomic E-state index is -0.844. The molecular formula is C12H19N3O4. The minimum absolute atomic E-state index is 0.0775. The highest BCUT2D eigenvalue weighted by Gasteiger charge is 2.42. The van der Waals surface area contributed by atoms with E-state index >= 15 is 0 Å². The summed E-state index contributed by atoms with van der Waals surface area (Å²) in [5.74, 6) is -0.263. The Morgan fingerprint density at radius 3 is 2.68 bits per heavy atom. The van der Waals surface area contributed by atoms with Gasteiger partial charge in [0.25, 0.3) is 0 Å². The van der Waals surface area contributed by atoms with Crippen molar-refractivity contribution in [1.82, 2.24) is 10.2 Å². The van der Waals surface area contributed by atoms with Crippen LogP contribution in [-0.2, 0) is 14.3 Å². The Labute approximate surface area is 111 Å². The van der Waals surface area contributed by atoms with Crippen molar-refractivity contribution in [3.8, 4) is 0 Å². The fraction of sp³-hybridized carbons (Fsp3) is 0.750. The number of nitrogens with zero attached hydrogens (tertiary/aromatic N) is 1. The number of amides is 3. The van der Waals surface area contributed by atoms with Crippen LogP contribution in [0.2, 0.25) is 0 Å². The Bertz CT molecular complexity index is 379. The van der Waals surface area contributed by atoms with Crippen LogP contribution in [0.25, 0.3) is 0 Å². The van der Waals surface area contributed by atoms with Crippen LogP contribution < -0.4 is 11.1 Å². The summed E-state index contributed by atoms with van der Waals surface area (Å²) in [6.07, 6.45) is 3.32. The maximum Gasteiger partial charge on any atom is 0.404 e. The highest BCUT2D eigenvalue weighted by molar-refractivity contribution is 6.05. The molecule has 0 aromatic carbocycles. The van der Waals surface area contributed by atoms with E-state index in [4.69, 9.17) is 5.73 Å². The summed E-state index contributed by atoms with van der Waals surface area (Å²) in [7, 11) is 0. The van der Waals surface area contributed by atoms with Crippen molar-refractivity contribution in [3.05, 3.63) is 0 Å². The third-order valence-electron chi connectivity index (χ3n) is 3.61. The standard InChI is InChI=1S/C12H19N3O4/c13-12(18)19-6-5-14-9-7-10(16)15(11(9)17)8-3-1-2-4-8/h8-9,14H,1-7H2,(H2,13,18). The van der Waals surface area contributed by atoms with E-state index in [0.29, 0.717) is 6.54 Å². The lowest BCUT2D eigenvalue weighted by Crippen LogP contribution is -2.43. The third kappa shape index (κ3) is 3.23. The predicted octanol–water partition coefficient (Wildman–Crippen LogP) is -0.259. The molecule has 2 aliphatic rings. The first-order chi connectivity index (χ1) is 9.09. The number of nitrogens with one attached hydrogen (secondary N) is 1. The van der Waals surface area contributed by atoms with Crippen LogP contribution in [0, 0.1) is 0 Å². The lowest BCUT2D eigenvalue weighted by atomic mass is 10.2. The van der Waals surface area contributed by atoms with Gasteiger partial charge in [0.05, 0.1) is 12.5 Å². The number of primary amides is 1. The van der Waals surface area contributed by atoms with Gasteiger partial charge in [-0.25, -0.2) is 4.79 Å². The SMILES string of the molecule is NC(=O)OCCNC1CC(=O)N(C2CCCC2)C1=O. The molecule has 1 aliphatic carbocycles. The Hall–Kier alpha value is -1.63. The number of hydrogen-bond donors (Lipinski definition) is 2. The smallest absolute Gasteiger partial charge is 0.404 e. The van der Waals surface area contributed by atoms with E-state index in [1.54, 1.807) is 0 Å². The number of rotatable bonds is 5. The molecule has 0 bridgehead atoms. The third-order valence-corrected chi connectivity index (χ3v) is 3.61. The predicted molar refractivity (Wildman–Crippen MR) is 66.1 cm³/mol. The molecule has 3 amide bonds. The largest absolute Gasteiger partial charge is 0.448 e. The van der Waals surface area contributed by atoms with Crippen molar-refractivity contribution in [3.63, 3.8) is 0 Å². The second kappa shape index (κ2) is 6.01. The number of hydrogen-bond acceptors (Lipinski definition) is 5. The lowest BCUT2D eigenvalue weighted by Gasteiger charge is -2.22. The number of likely N-dealkylation sites (tertiary alicyclic amines) is 1. The van der Waals surface area contributed by atoms with Gasteiger partial charge < -0.3 is 15.8 Å². The van der Waals surface area contributed by atoms with Crippen LogP contribution in [0.3, 0.4) is 0 Å². The molecule has 7 nitrogen and oxygen atoms in total. The molecule has 1 saturated carbocycles. The summed E-state index contributed by atoms with van der Waals surface area (Å²) < 4.78 is 4.56. The van der Waals surface area contributed by atoms with Crippen molar-refractivity contribution in [2.24, 2.45) is 5.73 Å². The van der Waals surface area contributed by atoms with Crippen LogP contribution in [0.1, 0.15) is 32.1 Å². The molecule has 2 fully saturated rings.